The average molecular weight is 346 g/mol. The number of hydrogen-bond donors (Lipinski definition) is 2. The van der Waals surface area contributed by atoms with Gasteiger partial charge in [-0.2, -0.15) is 0 Å². The van der Waals surface area contributed by atoms with Crippen LogP contribution in [-0.4, -0.2) is 21.0 Å². The van der Waals surface area contributed by atoms with Gasteiger partial charge in [0.25, 0.3) is 5.91 Å². The molecule has 24 heavy (non-hydrogen) atoms. The molecule has 0 aliphatic carbocycles. The second-order valence-electron chi connectivity index (χ2n) is 5.34. The van der Waals surface area contributed by atoms with E-state index in [9.17, 15) is 14.3 Å². The number of aromatic nitrogens is 2. The van der Waals surface area contributed by atoms with E-state index in [2.05, 4.69) is 15.3 Å². The number of anilines is 1. The van der Waals surface area contributed by atoms with E-state index in [1.54, 1.807) is 18.2 Å². The van der Waals surface area contributed by atoms with Crippen LogP contribution < -0.4 is 5.32 Å². The normalized spacial score (nSPS) is 10.8. The Kier molecular flexibility index (Phi) is 4.07. The second-order valence-corrected chi connectivity index (χ2v) is 5.74. The van der Waals surface area contributed by atoms with Crippen molar-refractivity contribution in [3.8, 4) is 5.75 Å². The van der Waals surface area contributed by atoms with E-state index >= 15 is 0 Å². The Labute approximate surface area is 142 Å². The van der Waals surface area contributed by atoms with Crippen LogP contribution in [0.15, 0.2) is 30.3 Å². The minimum atomic E-state index is -0.780. The van der Waals surface area contributed by atoms with Crippen molar-refractivity contribution in [2.75, 3.05) is 5.32 Å². The summed E-state index contributed by atoms with van der Waals surface area (Å²) in [5, 5.41) is 11.7. The van der Waals surface area contributed by atoms with E-state index < -0.39 is 11.7 Å². The fourth-order valence-electron chi connectivity index (χ4n) is 2.20. The van der Waals surface area contributed by atoms with Gasteiger partial charge in [-0.1, -0.05) is 11.6 Å². The third kappa shape index (κ3) is 3.00. The van der Waals surface area contributed by atoms with Gasteiger partial charge in [-0.15, -0.1) is 0 Å². The van der Waals surface area contributed by atoms with E-state index in [1.807, 2.05) is 13.8 Å². The summed E-state index contributed by atoms with van der Waals surface area (Å²) < 4.78 is 13.8. The van der Waals surface area contributed by atoms with Crippen molar-refractivity contribution in [3.63, 3.8) is 0 Å². The summed E-state index contributed by atoms with van der Waals surface area (Å²) in [4.78, 5) is 21.1. The minimum absolute atomic E-state index is 0.0535. The molecule has 0 unspecified atom stereocenters. The zero-order valence-corrected chi connectivity index (χ0v) is 13.6. The van der Waals surface area contributed by atoms with Crippen LogP contribution in [0.5, 0.6) is 5.75 Å². The number of rotatable bonds is 2. The number of aryl methyl sites for hydroxylation is 2. The number of hydrogen-bond acceptors (Lipinski definition) is 4. The Hall–Kier alpha value is -2.73. The lowest BCUT2D eigenvalue weighted by atomic mass is 10.1. The Balaban J connectivity index is 1.94. The number of aromatic hydroxyl groups is 1. The molecular weight excluding hydrogens is 333 g/mol. The summed E-state index contributed by atoms with van der Waals surface area (Å²) >= 11 is 5.74. The van der Waals surface area contributed by atoms with Crippen molar-refractivity contribution in [2.45, 2.75) is 13.8 Å². The maximum absolute atomic E-state index is 13.8. The maximum Gasteiger partial charge on any atom is 0.255 e. The molecule has 0 aliphatic heterocycles. The molecule has 3 rings (SSSR count). The van der Waals surface area contributed by atoms with E-state index in [-0.39, 0.29) is 16.5 Å². The molecule has 0 saturated heterocycles. The van der Waals surface area contributed by atoms with Crippen LogP contribution in [0.25, 0.3) is 11.0 Å². The van der Waals surface area contributed by atoms with Gasteiger partial charge >= 0.3 is 0 Å². The molecule has 0 spiro atoms. The zero-order chi connectivity index (χ0) is 17.4. The monoisotopic (exact) mass is 345 g/mol. The first kappa shape index (κ1) is 16.1. The van der Waals surface area contributed by atoms with Gasteiger partial charge < -0.3 is 10.4 Å². The lowest BCUT2D eigenvalue weighted by Gasteiger charge is -2.09. The molecule has 0 aliphatic rings. The van der Waals surface area contributed by atoms with Crippen LogP contribution >= 0.6 is 11.6 Å². The predicted molar refractivity (Wildman–Crippen MR) is 90.0 cm³/mol. The molecule has 0 radical (unpaired) electrons. The van der Waals surface area contributed by atoms with Gasteiger partial charge in [0.1, 0.15) is 5.75 Å². The summed E-state index contributed by atoms with van der Waals surface area (Å²) in [6.07, 6.45) is 0. The van der Waals surface area contributed by atoms with Crippen molar-refractivity contribution in [2.24, 2.45) is 0 Å². The number of fused-ring (bicyclic) bond motifs is 1. The average Bonchev–Trinajstić information content (AvgIpc) is 2.53. The fraction of sp³-hybridized carbons (Fsp3) is 0.118. The fourth-order valence-corrected chi connectivity index (χ4v) is 2.36. The standard InChI is InChI=1S/C17H13ClFN3O2/c1-8-9(2)21-15-5-10(3-4-13(15)20-8)17(24)22-14-6-11(18)16(23)7-12(14)19/h3-7,23H,1-2H3,(H,22,24). The topological polar surface area (TPSA) is 75.1 Å². The van der Waals surface area contributed by atoms with Crippen LogP contribution in [0.4, 0.5) is 10.1 Å². The highest BCUT2D eigenvalue weighted by Crippen LogP contribution is 2.29. The molecule has 0 saturated carbocycles. The summed E-state index contributed by atoms with van der Waals surface area (Å²) in [6, 6.07) is 6.85. The van der Waals surface area contributed by atoms with Crippen molar-refractivity contribution < 1.29 is 14.3 Å². The molecular formula is C17H13ClFN3O2. The van der Waals surface area contributed by atoms with Gasteiger partial charge in [0.15, 0.2) is 5.82 Å². The van der Waals surface area contributed by atoms with E-state index in [4.69, 9.17) is 11.6 Å². The number of phenols is 1. The number of phenolic OH excluding ortho intramolecular Hbond substituents is 1. The number of amides is 1. The van der Waals surface area contributed by atoms with Crippen molar-refractivity contribution in [3.05, 3.63) is 58.1 Å². The highest BCUT2D eigenvalue weighted by Gasteiger charge is 2.13. The number of carbonyl (C=O) groups excluding carboxylic acids is 1. The van der Waals surface area contributed by atoms with Gasteiger partial charge in [-0.3, -0.25) is 4.79 Å². The third-order valence-corrected chi connectivity index (χ3v) is 3.92. The number of nitrogens with zero attached hydrogens (tertiary/aromatic N) is 2. The first-order chi connectivity index (χ1) is 11.3. The highest BCUT2D eigenvalue weighted by molar-refractivity contribution is 6.32. The first-order valence-electron chi connectivity index (χ1n) is 7.09. The lowest BCUT2D eigenvalue weighted by Crippen LogP contribution is -2.13. The first-order valence-corrected chi connectivity index (χ1v) is 7.47. The number of halogens is 2. The van der Waals surface area contributed by atoms with Crippen LogP contribution in [-0.2, 0) is 0 Å². The molecule has 1 heterocycles. The SMILES string of the molecule is Cc1nc2ccc(C(=O)Nc3cc(Cl)c(O)cc3F)cc2nc1C. The van der Waals surface area contributed by atoms with E-state index in [0.29, 0.717) is 16.6 Å². The highest BCUT2D eigenvalue weighted by atomic mass is 35.5. The second kappa shape index (κ2) is 6.05. The lowest BCUT2D eigenvalue weighted by molar-refractivity contribution is 0.102. The van der Waals surface area contributed by atoms with Crippen LogP contribution in [0.3, 0.4) is 0 Å². The summed E-state index contributed by atoms with van der Waals surface area (Å²) in [5.41, 5.74) is 3.04. The molecule has 3 aromatic rings. The Morgan fingerprint density at radius 1 is 1.12 bits per heavy atom. The third-order valence-electron chi connectivity index (χ3n) is 3.62. The van der Waals surface area contributed by atoms with E-state index in [1.165, 1.54) is 0 Å². The molecule has 2 aromatic carbocycles. The quantitative estimate of drug-likeness (QED) is 0.688. The van der Waals surface area contributed by atoms with Crippen molar-refractivity contribution in [1.29, 1.82) is 0 Å². The van der Waals surface area contributed by atoms with Gasteiger partial charge in [0, 0.05) is 11.6 Å². The zero-order valence-electron chi connectivity index (χ0n) is 12.9. The minimum Gasteiger partial charge on any atom is -0.506 e. The van der Waals surface area contributed by atoms with Crippen LogP contribution in [0.2, 0.25) is 5.02 Å². The molecule has 0 bridgehead atoms. The molecule has 0 atom stereocenters. The van der Waals surface area contributed by atoms with Gasteiger partial charge in [-0.05, 0) is 38.1 Å². The van der Waals surface area contributed by atoms with Crippen molar-refractivity contribution >= 4 is 34.2 Å². The number of carbonyl (C=O) groups is 1. The number of benzene rings is 2. The maximum atomic E-state index is 13.8. The molecule has 1 aromatic heterocycles. The molecule has 5 nitrogen and oxygen atoms in total. The van der Waals surface area contributed by atoms with E-state index in [0.717, 1.165) is 23.5 Å². The molecule has 0 fully saturated rings. The largest absolute Gasteiger partial charge is 0.506 e. The smallest absolute Gasteiger partial charge is 0.255 e. The molecule has 2 N–H and O–H groups in total. The Morgan fingerprint density at radius 2 is 1.79 bits per heavy atom. The summed E-state index contributed by atoms with van der Waals surface area (Å²) in [5.74, 6) is -1.69. The molecule has 1 amide bonds. The van der Waals surface area contributed by atoms with Crippen molar-refractivity contribution in [1.82, 2.24) is 9.97 Å². The summed E-state index contributed by atoms with van der Waals surface area (Å²) in [7, 11) is 0. The van der Waals surface area contributed by atoms with Crippen LogP contribution in [0, 0.1) is 19.7 Å². The number of nitrogens with one attached hydrogen (secondary N) is 1. The predicted octanol–water partition coefficient (Wildman–Crippen LogP) is 4.00. The molecule has 122 valence electrons. The van der Waals surface area contributed by atoms with Gasteiger partial charge in [-0.25, -0.2) is 14.4 Å². The van der Waals surface area contributed by atoms with Gasteiger partial charge in [0.2, 0.25) is 0 Å². The van der Waals surface area contributed by atoms with Gasteiger partial charge in [0.05, 0.1) is 33.1 Å². The Morgan fingerprint density at radius 3 is 2.50 bits per heavy atom. The summed E-state index contributed by atoms with van der Waals surface area (Å²) in [6.45, 7) is 3.70. The Bertz CT molecular complexity index is 976. The molecule has 7 heteroatoms. The van der Waals surface area contributed by atoms with Crippen LogP contribution in [0.1, 0.15) is 21.7 Å².